The van der Waals surface area contributed by atoms with Crippen LogP contribution in [0.3, 0.4) is 0 Å². The Kier molecular flexibility index (Phi) is 3.53. The molecule has 0 bridgehead atoms. The molecule has 5 heteroatoms. The van der Waals surface area contributed by atoms with Crippen LogP contribution >= 0.6 is 23.7 Å². The van der Waals surface area contributed by atoms with E-state index in [0.29, 0.717) is 4.88 Å². The van der Waals surface area contributed by atoms with E-state index in [0.717, 1.165) is 19.5 Å². The summed E-state index contributed by atoms with van der Waals surface area (Å²) < 4.78 is 0. The first-order valence-corrected chi connectivity index (χ1v) is 5.08. The summed E-state index contributed by atoms with van der Waals surface area (Å²) in [5.41, 5.74) is 6.49. The molecule has 0 fully saturated rings. The summed E-state index contributed by atoms with van der Waals surface area (Å²) >= 11 is 1.54. The number of nitrogens with zero attached hydrogens (tertiary/aromatic N) is 1. The number of thiophene rings is 1. The Morgan fingerprint density at radius 2 is 2.36 bits per heavy atom. The lowest BCUT2D eigenvalue weighted by molar-refractivity contribution is 0.100. The van der Waals surface area contributed by atoms with Crippen molar-refractivity contribution >= 4 is 29.7 Å². The predicted octanol–water partition coefficient (Wildman–Crippen LogP) is 1.26. The molecule has 0 saturated heterocycles. The van der Waals surface area contributed by atoms with Gasteiger partial charge >= 0.3 is 0 Å². The summed E-state index contributed by atoms with van der Waals surface area (Å²) in [7, 11) is 2.09. The van der Waals surface area contributed by atoms with Crippen molar-refractivity contribution in [1.29, 1.82) is 0 Å². The van der Waals surface area contributed by atoms with Crippen LogP contribution in [0.4, 0.5) is 0 Å². The average molecular weight is 233 g/mol. The zero-order valence-corrected chi connectivity index (χ0v) is 9.58. The number of hydrogen-bond acceptors (Lipinski definition) is 3. The van der Waals surface area contributed by atoms with E-state index < -0.39 is 0 Å². The number of likely N-dealkylation sites (N-methyl/N-ethyl adjacent to an activating group) is 1. The van der Waals surface area contributed by atoms with Crippen molar-refractivity contribution in [1.82, 2.24) is 4.90 Å². The molecule has 1 aromatic heterocycles. The molecular weight excluding hydrogens is 220 g/mol. The van der Waals surface area contributed by atoms with Gasteiger partial charge in [0.15, 0.2) is 0 Å². The van der Waals surface area contributed by atoms with Crippen molar-refractivity contribution in [3.8, 4) is 0 Å². The van der Waals surface area contributed by atoms with Gasteiger partial charge in [-0.15, -0.1) is 23.7 Å². The van der Waals surface area contributed by atoms with Crippen LogP contribution in [-0.2, 0) is 13.0 Å². The molecule has 0 radical (unpaired) electrons. The third kappa shape index (κ3) is 2.08. The average Bonchev–Trinajstić information content (AvgIpc) is 2.46. The summed E-state index contributed by atoms with van der Waals surface area (Å²) in [6.07, 6.45) is 1.05. The zero-order chi connectivity index (χ0) is 9.42. The second-order valence-corrected chi connectivity index (χ2v) is 4.55. The first kappa shape index (κ1) is 11.5. The van der Waals surface area contributed by atoms with E-state index in [1.807, 2.05) is 6.07 Å². The van der Waals surface area contributed by atoms with Gasteiger partial charge in [0.25, 0.3) is 5.91 Å². The number of nitrogens with two attached hydrogens (primary N) is 1. The van der Waals surface area contributed by atoms with Gasteiger partial charge in [0.1, 0.15) is 0 Å². The fourth-order valence-electron chi connectivity index (χ4n) is 1.60. The summed E-state index contributed by atoms with van der Waals surface area (Å²) in [5.74, 6) is -0.304. The van der Waals surface area contributed by atoms with Crippen LogP contribution in [0.1, 0.15) is 20.1 Å². The minimum absolute atomic E-state index is 0. The molecule has 0 atom stereocenters. The molecule has 78 valence electrons. The van der Waals surface area contributed by atoms with Gasteiger partial charge in [-0.25, -0.2) is 0 Å². The molecule has 2 heterocycles. The fourth-order valence-corrected chi connectivity index (χ4v) is 2.61. The molecule has 1 aliphatic rings. The molecule has 1 amide bonds. The van der Waals surface area contributed by atoms with Gasteiger partial charge in [0.05, 0.1) is 4.88 Å². The SMILES string of the molecule is CN1CCc2sc(C(N)=O)cc2C1.Cl. The largest absolute Gasteiger partial charge is 0.365 e. The van der Waals surface area contributed by atoms with Crippen molar-refractivity contribution < 1.29 is 4.79 Å². The van der Waals surface area contributed by atoms with Crippen molar-refractivity contribution in [2.75, 3.05) is 13.6 Å². The first-order chi connectivity index (χ1) is 6.16. The second kappa shape index (κ2) is 4.29. The van der Waals surface area contributed by atoms with Gasteiger partial charge in [-0.3, -0.25) is 4.79 Å². The Labute approximate surface area is 93.3 Å². The van der Waals surface area contributed by atoms with Gasteiger partial charge in [0, 0.05) is 18.0 Å². The number of amides is 1. The van der Waals surface area contributed by atoms with Gasteiger partial charge in [-0.2, -0.15) is 0 Å². The van der Waals surface area contributed by atoms with Gasteiger partial charge < -0.3 is 10.6 Å². The molecule has 14 heavy (non-hydrogen) atoms. The lowest BCUT2D eigenvalue weighted by Gasteiger charge is -2.21. The summed E-state index contributed by atoms with van der Waals surface area (Å²) in [4.78, 5) is 15.2. The molecule has 0 unspecified atom stereocenters. The predicted molar refractivity (Wildman–Crippen MR) is 60.1 cm³/mol. The fraction of sp³-hybridized carbons (Fsp3) is 0.444. The Balaban J connectivity index is 0.000000980. The lowest BCUT2D eigenvalue weighted by atomic mass is 10.1. The van der Waals surface area contributed by atoms with Crippen LogP contribution in [0.5, 0.6) is 0 Å². The maximum absolute atomic E-state index is 10.9. The van der Waals surface area contributed by atoms with Crippen LogP contribution in [0.2, 0.25) is 0 Å². The van der Waals surface area contributed by atoms with Gasteiger partial charge in [-0.05, 0) is 25.1 Å². The number of hydrogen-bond donors (Lipinski definition) is 1. The third-order valence-corrected chi connectivity index (χ3v) is 3.55. The van der Waals surface area contributed by atoms with Crippen LogP contribution in [0.15, 0.2) is 6.07 Å². The third-order valence-electron chi connectivity index (χ3n) is 2.30. The van der Waals surface area contributed by atoms with Crippen molar-refractivity contribution in [3.63, 3.8) is 0 Å². The monoisotopic (exact) mass is 232 g/mol. The van der Waals surface area contributed by atoms with Gasteiger partial charge in [0.2, 0.25) is 0 Å². The Hall–Kier alpha value is -0.580. The van der Waals surface area contributed by atoms with E-state index in [1.54, 1.807) is 11.3 Å². The maximum atomic E-state index is 10.9. The van der Waals surface area contributed by atoms with Gasteiger partial charge in [-0.1, -0.05) is 0 Å². The van der Waals surface area contributed by atoms with E-state index in [-0.39, 0.29) is 18.3 Å². The van der Waals surface area contributed by atoms with Crippen molar-refractivity contribution in [2.45, 2.75) is 13.0 Å². The zero-order valence-electron chi connectivity index (χ0n) is 7.95. The molecule has 1 aromatic rings. The number of carbonyl (C=O) groups is 1. The van der Waals surface area contributed by atoms with E-state index in [2.05, 4.69) is 11.9 Å². The Bertz CT molecular complexity index is 351. The van der Waals surface area contributed by atoms with Crippen LogP contribution in [0.25, 0.3) is 0 Å². The first-order valence-electron chi connectivity index (χ1n) is 4.27. The Morgan fingerprint density at radius 1 is 1.64 bits per heavy atom. The molecule has 2 N–H and O–H groups in total. The highest BCUT2D eigenvalue weighted by atomic mass is 35.5. The summed E-state index contributed by atoms with van der Waals surface area (Å²) in [5, 5.41) is 0. The second-order valence-electron chi connectivity index (χ2n) is 3.41. The molecule has 2 rings (SSSR count). The van der Waals surface area contributed by atoms with E-state index in [4.69, 9.17) is 5.73 Å². The van der Waals surface area contributed by atoms with E-state index in [9.17, 15) is 4.79 Å². The quantitative estimate of drug-likeness (QED) is 0.793. The maximum Gasteiger partial charge on any atom is 0.258 e. The standard InChI is InChI=1S/C9H12N2OS.ClH/c1-11-3-2-7-6(5-11)4-8(13-7)9(10)12;/h4H,2-3,5H2,1H3,(H2,10,12);1H. The molecule has 0 aromatic carbocycles. The molecule has 0 saturated carbocycles. The number of fused-ring (bicyclic) bond motifs is 1. The van der Waals surface area contributed by atoms with E-state index in [1.165, 1.54) is 10.4 Å². The highest BCUT2D eigenvalue weighted by molar-refractivity contribution is 7.14. The minimum Gasteiger partial charge on any atom is -0.365 e. The minimum atomic E-state index is -0.304. The highest BCUT2D eigenvalue weighted by Crippen LogP contribution is 2.27. The molecule has 0 aliphatic carbocycles. The normalized spacial score (nSPS) is 15.8. The number of primary amides is 1. The highest BCUT2D eigenvalue weighted by Gasteiger charge is 2.17. The van der Waals surface area contributed by atoms with Crippen LogP contribution in [0, 0.1) is 0 Å². The Morgan fingerprint density at radius 3 is 3.00 bits per heavy atom. The smallest absolute Gasteiger partial charge is 0.258 e. The molecule has 0 spiro atoms. The van der Waals surface area contributed by atoms with E-state index >= 15 is 0 Å². The molecule has 1 aliphatic heterocycles. The molecular formula is C9H13ClN2OS. The topological polar surface area (TPSA) is 46.3 Å². The van der Waals surface area contributed by atoms with Crippen LogP contribution in [-0.4, -0.2) is 24.4 Å². The van der Waals surface area contributed by atoms with Crippen molar-refractivity contribution in [2.24, 2.45) is 5.73 Å². The molecule has 3 nitrogen and oxygen atoms in total. The summed E-state index contributed by atoms with van der Waals surface area (Å²) in [6, 6.07) is 1.93. The van der Waals surface area contributed by atoms with Crippen molar-refractivity contribution in [3.05, 3.63) is 21.4 Å². The summed E-state index contributed by atoms with van der Waals surface area (Å²) in [6.45, 7) is 2.02. The van der Waals surface area contributed by atoms with Crippen LogP contribution < -0.4 is 5.73 Å². The lowest BCUT2D eigenvalue weighted by Crippen LogP contribution is -2.25. The number of halogens is 1. The number of rotatable bonds is 1. The number of carbonyl (C=O) groups excluding carboxylic acids is 1.